The maximum absolute atomic E-state index is 11.1. The molecule has 0 aliphatic rings. The van der Waals surface area contributed by atoms with Gasteiger partial charge in [0, 0.05) is 0 Å². The predicted molar refractivity (Wildman–Crippen MR) is 102 cm³/mol. The molecule has 0 spiro atoms. The SMILES string of the molecule is CCCCCCCCCCC(CCCC)CC(C(=O)O)C(=O)O.[BaH2]. The average molecular weight is 468 g/mol. The van der Waals surface area contributed by atoms with E-state index in [1.807, 2.05) is 0 Å². The van der Waals surface area contributed by atoms with Crippen LogP contribution in [0.2, 0.25) is 0 Å². The standard InChI is InChI=1S/C19H36O4.Ba.2H/c1-3-5-7-8-9-10-11-12-14-16(13-6-4-2)15-17(18(20)21)19(22)23;;;/h16-17H,3-15H2,1-2H3,(H,20,21)(H,22,23);;;. The molecular weight excluding hydrogens is 430 g/mol. The van der Waals surface area contributed by atoms with Crippen molar-refractivity contribution in [2.75, 3.05) is 0 Å². The molecule has 0 saturated heterocycles. The Balaban J connectivity index is 0. The fourth-order valence-corrected chi connectivity index (χ4v) is 3.08. The Morgan fingerprint density at radius 2 is 1.12 bits per heavy atom. The van der Waals surface area contributed by atoms with Crippen molar-refractivity contribution in [2.45, 2.75) is 97.3 Å². The summed E-state index contributed by atoms with van der Waals surface area (Å²) in [6.07, 6.45) is 14.3. The van der Waals surface area contributed by atoms with Crippen LogP contribution in [0.1, 0.15) is 97.3 Å². The van der Waals surface area contributed by atoms with Crippen LogP contribution < -0.4 is 0 Å². The molecule has 4 nitrogen and oxygen atoms in total. The van der Waals surface area contributed by atoms with Crippen LogP contribution in [0.25, 0.3) is 0 Å². The quantitative estimate of drug-likeness (QED) is 0.198. The van der Waals surface area contributed by atoms with Gasteiger partial charge in [-0.2, -0.15) is 0 Å². The third-order valence-corrected chi connectivity index (χ3v) is 4.60. The molecule has 5 heteroatoms. The Kier molecular flexibility index (Phi) is 20.4. The first kappa shape index (κ1) is 26.7. The molecule has 1 atom stereocenters. The van der Waals surface area contributed by atoms with Crippen LogP contribution in [-0.2, 0) is 9.59 Å². The Bertz CT molecular complexity index is 306. The molecule has 2 N–H and O–H groups in total. The second-order valence-corrected chi connectivity index (χ2v) is 6.74. The van der Waals surface area contributed by atoms with Gasteiger partial charge in [-0.15, -0.1) is 0 Å². The van der Waals surface area contributed by atoms with Crippen LogP contribution in [-0.4, -0.2) is 71.0 Å². The number of rotatable bonds is 16. The monoisotopic (exact) mass is 468 g/mol. The number of carboxylic acids is 2. The minimum absolute atomic E-state index is 0. The molecule has 0 fully saturated rings. The van der Waals surface area contributed by atoms with E-state index in [1.54, 1.807) is 0 Å². The molecule has 0 aliphatic carbocycles. The van der Waals surface area contributed by atoms with Gasteiger partial charge in [-0.1, -0.05) is 90.9 Å². The van der Waals surface area contributed by atoms with Crippen molar-refractivity contribution in [1.29, 1.82) is 0 Å². The summed E-state index contributed by atoms with van der Waals surface area (Å²) in [5.41, 5.74) is 0. The number of hydrogen-bond acceptors (Lipinski definition) is 2. The molecule has 0 aromatic rings. The van der Waals surface area contributed by atoms with Gasteiger partial charge in [-0.25, -0.2) is 0 Å². The van der Waals surface area contributed by atoms with Gasteiger partial charge in [0.1, 0.15) is 0 Å². The van der Waals surface area contributed by atoms with E-state index < -0.39 is 17.9 Å². The van der Waals surface area contributed by atoms with Gasteiger partial charge in [-0.05, 0) is 12.3 Å². The second kappa shape index (κ2) is 18.3. The topological polar surface area (TPSA) is 74.6 Å². The Labute approximate surface area is 188 Å². The van der Waals surface area contributed by atoms with Crippen molar-refractivity contribution in [3.8, 4) is 0 Å². The van der Waals surface area contributed by atoms with E-state index in [-0.39, 0.29) is 61.2 Å². The predicted octanol–water partition coefficient (Wildman–Crippen LogP) is 4.58. The summed E-state index contributed by atoms with van der Waals surface area (Å²) >= 11 is 0. The van der Waals surface area contributed by atoms with Crippen molar-refractivity contribution < 1.29 is 19.8 Å². The molecule has 0 amide bonds. The molecule has 0 bridgehead atoms. The number of hydrogen-bond donors (Lipinski definition) is 2. The molecule has 0 rings (SSSR count). The van der Waals surface area contributed by atoms with Crippen molar-refractivity contribution >= 4 is 60.8 Å². The van der Waals surface area contributed by atoms with Crippen molar-refractivity contribution in [2.24, 2.45) is 11.8 Å². The molecular formula is C19H38BaO4. The van der Waals surface area contributed by atoms with Gasteiger partial charge in [0.2, 0.25) is 0 Å². The van der Waals surface area contributed by atoms with E-state index in [4.69, 9.17) is 10.2 Å². The molecule has 0 radical (unpaired) electrons. The van der Waals surface area contributed by atoms with Gasteiger partial charge >= 0.3 is 60.8 Å². The summed E-state index contributed by atoms with van der Waals surface area (Å²) in [6, 6.07) is 0. The molecule has 0 heterocycles. The van der Waals surface area contributed by atoms with Gasteiger partial charge < -0.3 is 10.2 Å². The van der Waals surface area contributed by atoms with Crippen LogP contribution in [0.3, 0.4) is 0 Å². The molecule has 1 unspecified atom stereocenters. The normalized spacial score (nSPS) is 12.0. The van der Waals surface area contributed by atoms with Crippen molar-refractivity contribution in [3.05, 3.63) is 0 Å². The molecule has 0 aromatic carbocycles. The number of carbonyl (C=O) groups is 2. The van der Waals surface area contributed by atoms with E-state index in [0.717, 1.165) is 32.1 Å². The van der Waals surface area contributed by atoms with E-state index in [0.29, 0.717) is 0 Å². The fraction of sp³-hybridized carbons (Fsp3) is 0.895. The van der Waals surface area contributed by atoms with Gasteiger partial charge in [-0.3, -0.25) is 9.59 Å². The third kappa shape index (κ3) is 14.8. The van der Waals surface area contributed by atoms with Crippen molar-refractivity contribution in [3.63, 3.8) is 0 Å². The number of carboxylic acid groups (broad SMARTS) is 2. The molecule has 24 heavy (non-hydrogen) atoms. The van der Waals surface area contributed by atoms with Crippen LogP contribution in [0.5, 0.6) is 0 Å². The average Bonchev–Trinajstić information content (AvgIpc) is 2.50. The Morgan fingerprint density at radius 3 is 1.58 bits per heavy atom. The molecule has 140 valence electrons. The van der Waals surface area contributed by atoms with E-state index >= 15 is 0 Å². The zero-order valence-electron chi connectivity index (χ0n) is 15.1. The van der Waals surface area contributed by atoms with Crippen molar-refractivity contribution in [1.82, 2.24) is 0 Å². The second-order valence-electron chi connectivity index (χ2n) is 6.74. The third-order valence-electron chi connectivity index (χ3n) is 4.60. The summed E-state index contributed by atoms with van der Waals surface area (Å²) in [7, 11) is 0. The van der Waals surface area contributed by atoms with E-state index in [2.05, 4.69) is 13.8 Å². The summed E-state index contributed by atoms with van der Waals surface area (Å²) in [5, 5.41) is 18.1. The zero-order valence-corrected chi connectivity index (χ0v) is 15.1. The van der Waals surface area contributed by atoms with Crippen LogP contribution in [0, 0.1) is 11.8 Å². The van der Waals surface area contributed by atoms with E-state index in [9.17, 15) is 9.59 Å². The maximum atomic E-state index is 11.1. The van der Waals surface area contributed by atoms with Gasteiger partial charge in [0.25, 0.3) is 0 Å². The van der Waals surface area contributed by atoms with Crippen LogP contribution in [0.15, 0.2) is 0 Å². The first-order chi connectivity index (χ1) is 11.0. The Hall–Kier alpha value is 0.511. The van der Waals surface area contributed by atoms with E-state index in [1.165, 1.54) is 44.9 Å². The number of aliphatic carboxylic acids is 2. The summed E-state index contributed by atoms with van der Waals surface area (Å²) in [6.45, 7) is 4.33. The Morgan fingerprint density at radius 1 is 0.708 bits per heavy atom. The summed E-state index contributed by atoms with van der Waals surface area (Å²) in [4.78, 5) is 22.1. The summed E-state index contributed by atoms with van der Waals surface area (Å²) in [5.74, 6) is -3.41. The van der Waals surface area contributed by atoms with Gasteiger partial charge in [0.05, 0.1) is 0 Å². The summed E-state index contributed by atoms with van der Waals surface area (Å²) < 4.78 is 0. The minimum atomic E-state index is -1.24. The first-order valence-corrected chi connectivity index (χ1v) is 9.48. The first-order valence-electron chi connectivity index (χ1n) is 9.48. The van der Waals surface area contributed by atoms with Crippen LogP contribution >= 0.6 is 0 Å². The number of unbranched alkanes of at least 4 members (excludes halogenated alkanes) is 8. The van der Waals surface area contributed by atoms with Crippen LogP contribution in [0.4, 0.5) is 0 Å². The van der Waals surface area contributed by atoms with Gasteiger partial charge in [0.15, 0.2) is 5.92 Å². The molecule has 0 saturated carbocycles. The zero-order chi connectivity index (χ0) is 17.5. The molecule has 0 aromatic heterocycles. The molecule has 0 aliphatic heterocycles. The fourth-order valence-electron chi connectivity index (χ4n) is 3.08.